The number of aromatic hydroxyl groups is 1. The molecule has 1 atom stereocenters. The molecule has 2 rings (SSSR count). The molecule has 0 saturated carbocycles. The highest BCUT2D eigenvalue weighted by Gasteiger charge is 2.22. The van der Waals surface area contributed by atoms with Gasteiger partial charge in [0.15, 0.2) is 0 Å². The first kappa shape index (κ1) is 15.8. The van der Waals surface area contributed by atoms with Crippen LogP contribution in [0.5, 0.6) is 5.75 Å². The lowest BCUT2D eigenvalue weighted by Crippen LogP contribution is -2.46. The van der Waals surface area contributed by atoms with Crippen molar-refractivity contribution in [2.75, 3.05) is 19.6 Å². The summed E-state index contributed by atoms with van der Waals surface area (Å²) >= 11 is 0. The summed E-state index contributed by atoms with van der Waals surface area (Å²) in [6, 6.07) is 7.75. The van der Waals surface area contributed by atoms with Crippen molar-refractivity contribution in [3.8, 4) is 5.75 Å². The largest absolute Gasteiger partial charge is 0.508 e. The molecule has 0 radical (unpaired) electrons. The Bertz CT molecular complexity index is 465. The first-order valence-corrected chi connectivity index (χ1v) is 7.68. The molecule has 0 aromatic heterocycles. The number of amides is 1. The molecule has 21 heavy (non-hydrogen) atoms. The molecule has 0 aliphatic carbocycles. The second-order valence-corrected chi connectivity index (χ2v) is 5.63. The second kappa shape index (κ2) is 8.00. The molecular weight excluding hydrogens is 266 g/mol. The summed E-state index contributed by atoms with van der Waals surface area (Å²) in [5.74, 6) is 0.331. The summed E-state index contributed by atoms with van der Waals surface area (Å²) in [5, 5.41) is 12.5. The number of hydrogen-bond donors (Lipinski definition) is 3. The molecule has 1 aliphatic rings. The third kappa shape index (κ3) is 5.02. The summed E-state index contributed by atoms with van der Waals surface area (Å²) in [4.78, 5) is 13.9. The van der Waals surface area contributed by atoms with Crippen LogP contribution in [0.2, 0.25) is 0 Å². The molecule has 1 fully saturated rings. The van der Waals surface area contributed by atoms with E-state index in [1.54, 1.807) is 12.1 Å². The summed E-state index contributed by atoms with van der Waals surface area (Å²) in [7, 11) is 0. The number of nitrogens with zero attached hydrogens (tertiary/aromatic N) is 1. The molecular formula is C16H25N3O2. The number of phenols is 1. The number of benzene rings is 1. The van der Waals surface area contributed by atoms with E-state index in [1.165, 1.54) is 12.8 Å². The predicted octanol–water partition coefficient (Wildman–Crippen LogP) is 1.21. The van der Waals surface area contributed by atoms with Crippen molar-refractivity contribution in [1.82, 2.24) is 10.2 Å². The number of likely N-dealkylation sites (tertiary alicyclic amines) is 1. The summed E-state index contributed by atoms with van der Waals surface area (Å²) in [5.41, 5.74) is 6.49. The van der Waals surface area contributed by atoms with E-state index in [9.17, 15) is 9.90 Å². The molecule has 1 aromatic carbocycles. The van der Waals surface area contributed by atoms with Gasteiger partial charge in [-0.15, -0.1) is 0 Å². The van der Waals surface area contributed by atoms with Crippen LogP contribution in [-0.4, -0.2) is 41.6 Å². The van der Waals surface area contributed by atoms with Crippen molar-refractivity contribution in [3.05, 3.63) is 29.8 Å². The minimum absolute atomic E-state index is 0.0281. The number of piperidine rings is 1. The standard InChI is InChI=1S/C16H25N3O2/c17-8-7-16(21)18-11-14-5-1-2-9-19(14)12-13-4-3-6-15(20)10-13/h3-4,6,10,14,20H,1-2,5,7-9,11-12,17H2,(H,18,21). The molecule has 1 aliphatic heterocycles. The van der Waals surface area contributed by atoms with Gasteiger partial charge in [-0.05, 0) is 37.1 Å². The van der Waals surface area contributed by atoms with E-state index in [1.807, 2.05) is 12.1 Å². The molecule has 4 N–H and O–H groups in total. The molecule has 0 bridgehead atoms. The Kier molecular flexibility index (Phi) is 6.02. The van der Waals surface area contributed by atoms with E-state index in [0.717, 1.165) is 25.1 Å². The number of phenolic OH excluding ortho intramolecular Hbond substituents is 1. The maximum atomic E-state index is 11.6. The predicted molar refractivity (Wildman–Crippen MR) is 82.8 cm³/mol. The average Bonchev–Trinajstić information content (AvgIpc) is 2.47. The normalized spacial score (nSPS) is 19.4. The Morgan fingerprint density at radius 3 is 3.05 bits per heavy atom. The first-order valence-electron chi connectivity index (χ1n) is 7.68. The van der Waals surface area contributed by atoms with Crippen molar-refractivity contribution >= 4 is 5.91 Å². The average molecular weight is 291 g/mol. The Hall–Kier alpha value is -1.59. The van der Waals surface area contributed by atoms with E-state index < -0.39 is 0 Å². The Morgan fingerprint density at radius 1 is 1.43 bits per heavy atom. The highest BCUT2D eigenvalue weighted by Crippen LogP contribution is 2.20. The van der Waals surface area contributed by atoms with Gasteiger partial charge in [-0.25, -0.2) is 0 Å². The van der Waals surface area contributed by atoms with Crippen LogP contribution in [0.4, 0.5) is 0 Å². The molecule has 1 amide bonds. The minimum Gasteiger partial charge on any atom is -0.508 e. The zero-order valence-corrected chi connectivity index (χ0v) is 12.4. The molecule has 1 aromatic rings. The van der Waals surface area contributed by atoms with E-state index >= 15 is 0 Å². The topological polar surface area (TPSA) is 78.6 Å². The van der Waals surface area contributed by atoms with Crippen molar-refractivity contribution in [2.45, 2.75) is 38.3 Å². The van der Waals surface area contributed by atoms with Gasteiger partial charge in [-0.2, -0.15) is 0 Å². The van der Waals surface area contributed by atoms with Gasteiger partial charge in [0.2, 0.25) is 5.91 Å². The lowest BCUT2D eigenvalue weighted by Gasteiger charge is -2.36. The highest BCUT2D eigenvalue weighted by molar-refractivity contribution is 5.76. The van der Waals surface area contributed by atoms with E-state index in [4.69, 9.17) is 5.73 Å². The second-order valence-electron chi connectivity index (χ2n) is 5.63. The van der Waals surface area contributed by atoms with Crippen LogP contribution < -0.4 is 11.1 Å². The Morgan fingerprint density at radius 2 is 2.29 bits per heavy atom. The van der Waals surface area contributed by atoms with Gasteiger partial charge in [0, 0.05) is 32.1 Å². The summed E-state index contributed by atoms with van der Waals surface area (Å²) in [6.07, 6.45) is 3.88. The smallest absolute Gasteiger partial charge is 0.221 e. The minimum atomic E-state index is 0.0281. The van der Waals surface area contributed by atoms with Gasteiger partial charge >= 0.3 is 0 Å². The maximum absolute atomic E-state index is 11.6. The van der Waals surface area contributed by atoms with Crippen molar-refractivity contribution < 1.29 is 9.90 Å². The molecule has 116 valence electrons. The molecule has 5 heteroatoms. The van der Waals surface area contributed by atoms with Gasteiger partial charge in [0.1, 0.15) is 5.75 Å². The van der Waals surface area contributed by atoms with Gasteiger partial charge < -0.3 is 16.2 Å². The van der Waals surface area contributed by atoms with Crippen LogP contribution in [-0.2, 0) is 11.3 Å². The Labute approximate surface area is 126 Å². The van der Waals surface area contributed by atoms with Gasteiger partial charge in [-0.3, -0.25) is 9.69 Å². The van der Waals surface area contributed by atoms with Gasteiger partial charge in [0.05, 0.1) is 0 Å². The fourth-order valence-electron chi connectivity index (χ4n) is 2.84. The number of carbonyl (C=O) groups excluding carboxylic acids is 1. The molecule has 1 unspecified atom stereocenters. The van der Waals surface area contributed by atoms with Crippen LogP contribution in [0.1, 0.15) is 31.2 Å². The van der Waals surface area contributed by atoms with E-state index in [0.29, 0.717) is 31.3 Å². The first-order chi connectivity index (χ1) is 10.2. The highest BCUT2D eigenvalue weighted by atomic mass is 16.3. The van der Waals surface area contributed by atoms with Crippen molar-refractivity contribution in [2.24, 2.45) is 5.73 Å². The van der Waals surface area contributed by atoms with E-state index in [2.05, 4.69) is 10.2 Å². The quantitative estimate of drug-likeness (QED) is 0.736. The summed E-state index contributed by atoms with van der Waals surface area (Å²) in [6.45, 7) is 2.92. The number of hydrogen-bond acceptors (Lipinski definition) is 4. The molecule has 5 nitrogen and oxygen atoms in total. The maximum Gasteiger partial charge on any atom is 0.221 e. The SMILES string of the molecule is NCCC(=O)NCC1CCCCN1Cc1cccc(O)c1. The van der Waals surface area contributed by atoms with Crippen LogP contribution in [0.25, 0.3) is 0 Å². The van der Waals surface area contributed by atoms with Crippen LogP contribution in [0.15, 0.2) is 24.3 Å². The Balaban J connectivity index is 1.90. The summed E-state index contributed by atoms with van der Waals surface area (Å²) < 4.78 is 0. The zero-order chi connectivity index (χ0) is 15.1. The monoisotopic (exact) mass is 291 g/mol. The van der Waals surface area contributed by atoms with Gasteiger partial charge in [-0.1, -0.05) is 18.6 Å². The van der Waals surface area contributed by atoms with Crippen LogP contribution in [0, 0.1) is 0 Å². The lowest BCUT2D eigenvalue weighted by molar-refractivity contribution is -0.121. The van der Waals surface area contributed by atoms with Gasteiger partial charge in [0.25, 0.3) is 0 Å². The van der Waals surface area contributed by atoms with Crippen LogP contribution in [0.3, 0.4) is 0 Å². The number of nitrogens with two attached hydrogens (primary N) is 1. The zero-order valence-electron chi connectivity index (χ0n) is 12.4. The number of nitrogens with one attached hydrogen (secondary N) is 1. The van der Waals surface area contributed by atoms with Crippen LogP contribution >= 0.6 is 0 Å². The third-order valence-electron chi connectivity index (χ3n) is 3.95. The molecule has 1 saturated heterocycles. The van der Waals surface area contributed by atoms with E-state index in [-0.39, 0.29) is 5.91 Å². The fraction of sp³-hybridized carbons (Fsp3) is 0.562. The number of carbonyl (C=O) groups is 1. The fourth-order valence-corrected chi connectivity index (χ4v) is 2.84. The number of rotatable bonds is 6. The molecule has 0 spiro atoms. The lowest BCUT2D eigenvalue weighted by atomic mass is 10.0. The van der Waals surface area contributed by atoms with Crippen molar-refractivity contribution in [1.29, 1.82) is 0 Å². The third-order valence-corrected chi connectivity index (χ3v) is 3.95. The molecule has 1 heterocycles. The van der Waals surface area contributed by atoms with Crippen molar-refractivity contribution in [3.63, 3.8) is 0 Å².